The minimum absolute atomic E-state index is 0.0879. The molecule has 1 atom stereocenters. The lowest BCUT2D eigenvalue weighted by Gasteiger charge is -2.23. The maximum absolute atomic E-state index is 11.8. The van der Waals surface area contributed by atoms with Crippen LogP contribution in [0.3, 0.4) is 0 Å². The molecular formula is C14H22N2O2S. The van der Waals surface area contributed by atoms with Gasteiger partial charge in [-0.2, -0.15) is 0 Å². The highest BCUT2D eigenvalue weighted by molar-refractivity contribution is 7.09. The molecule has 0 bridgehead atoms. The van der Waals surface area contributed by atoms with Gasteiger partial charge in [0.05, 0.1) is 6.54 Å². The van der Waals surface area contributed by atoms with Crippen molar-refractivity contribution in [3.05, 3.63) is 22.4 Å². The van der Waals surface area contributed by atoms with Gasteiger partial charge >= 0.3 is 0 Å². The largest absolute Gasteiger partial charge is 0.381 e. The summed E-state index contributed by atoms with van der Waals surface area (Å²) >= 11 is 1.76. The Labute approximate surface area is 118 Å². The van der Waals surface area contributed by atoms with Crippen molar-refractivity contribution in [1.82, 2.24) is 10.6 Å². The minimum atomic E-state index is 0.0879. The first-order valence-electron chi connectivity index (χ1n) is 6.87. The fourth-order valence-corrected chi connectivity index (χ4v) is 3.03. The third kappa shape index (κ3) is 5.30. The lowest BCUT2D eigenvalue weighted by molar-refractivity contribution is -0.121. The predicted octanol–water partition coefficient (Wildman–Crippen LogP) is 1.56. The van der Waals surface area contributed by atoms with Gasteiger partial charge in [-0.1, -0.05) is 6.07 Å². The molecule has 1 saturated heterocycles. The van der Waals surface area contributed by atoms with E-state index < -0.39 is 0 Å². The molecule has 4 nitrogen and oxygen atoms in total. The first kappa shape index (κ1) is 14.5. The van der Waals surface area contributed by atoms with E-state index in [0.29, 0.717) is 12.6 Å². The third-order valence-corrected chi connectivity index (χ3v) is 4.18. The first-order valence-corrected chi connectivity index (χ1v) is 7.75. The fraction of sp³-hybridized carbons (Fsp3) is 0.643. The summed E-state index contributed by atoms with van der Waals surface area (Å²) in [6, 6.07) is 4.80. The second-order valence-corrected chi connectivity index (χ2v) is 6.05. The molecule has 0 aliphatic carbocycles. The summed E-state index contributed by atoms with van der Waals surface area (Å²) in [7, 11) is 0. The van der Waals surface area contributed by atoms with Crippen LogP contribution in [0.15, 0.2) is 17.5 Å². The van der Waals surface area contributed by atoms with Gasteiger partial charge in [-0.3, -0.25) is 4.79 Å². The summed E-state index contributed by atoms with van der Waals surface area (Å²) in [6.07, 6.45) is 2.83. The Kier molecular flexibility index (Phi) is 5.82. The highest BCUT2D eigenvalue weighted by atomic mass is 32.1. The van der Waals surface area contributed by atoms with E-state index in [-0.39, 0.29) is 11.9 Å². The molecule has 2 N–H and O–H groups in total. The number of rotatable bonds is 6. The molecule has 0 saturated carbocycles. The van der Waals surface area contributed by atoms with E-state index in [1.807, 2.05) is 0 Å². The summed E-state index contributed by atoms with van der Waals surface area (Å²) in [5, 5.41) is 8.41. The van der Waals surface area contributed by atoms with Gasteiger partial charge in [0.2, 0.25) is 5.91 Å². The molecule has 2 rings (SSSR count). The average Bonchev–Trinajstić information content (AvgIpc) is 2.90. The van der Waals surface area contributed by atoms with E-state index in [9.17, 15) is 4.79 Å². The Hall–Kier alpha value is -0.910. The van der Waals surface area contributed by atoms with E-state index in [0.717, 1.165) is 32.5 Å². The topological polar surface area (TPSA) is 50.4 Å². The minimum Gasteiger partial charge on any atom is -0.381 e. The molecule has 0 radical (unpaired) electrons. The zero-order chi connectivity index (χ0) is 13.5. The normalized spacial score (nSPS) is 18.2. The molecule has 1 amide bonds. The molecule has 1 fully saturated rings. The SMILES string of the molecule is CC(Cc1cccs1)NCC(=O)NC1CCOCC1. The average molecular weight is 282 g/mol. The van der Waals surface area contributed by atoms with Crippen LogP contribution in [-0.2, 0) is 16.0 Å². The van der Waals surface area contributed by atoms with Crippen molar-refractivity contribution in [2.24, 2.45) is 0 Å². The van der Waals surface area contributed by atoms with Crippen LogP contribution in [-0.4, -0.2) is 37.7 Å². The van der Waals surface area contributed by atoms with Crippen LogP contribution in [0, 0.1) is 0 Å². The zero-order valence-corrected chi connectivity index (χ0v) is 12.2. The van der Waals surface area contributed by atoms with Crippen molar-refractivity contribution in [2.45, 2.75) is 38.3 Å². The van der Waals surface area contributed by atoms with Gasteiger partial charge in [0.25, 0.3) is 0 Å². The second kappa shape index (κ2) is 7.62. The third-order valence-electron chi connectivity index (χ3n) is 3.28. The molecule has 2 heterocycles. The van der Waals surface area contributed by atoms with Crippen LogP contribution >= 0.6 is 11.3 Å². The summed E-state index contributed by atoms with van der Waals surface area (Å²) in [4.78, 5) is 13.2. The van der Waals surface area contributed by atoms with Gasteiger partial charge in [-0.25, -0.2) is 0 Å². The lowest BCUT2D eigenvalue weighted by Crippen LogP contribution is -2.44. The van der Waals surface area contributed by atoms with Gasteiger partial charge in [0.15, 0.2) is 0 Å². The molecule has 1 aliphatic rings. The standard InChI is InChI=1S/C14H22N2O2S/c1-11(9-13-3-2-8-19-13)15-10-14(17)16-12-4-6-18-7-5-12/h2-3,8,11-12,15H,4-7,9-10H2,1H3,(H,16,17). The van der Waals surface area contributed by atoms with Crippen LogP contribution in [0.5, 0.6) is 0 Å². The smallest absolute Gasteiger partial charge is 0.234 e. The Morgan fingerprint density at radius 1 is 1.53 bits per heavy atom. The summed E-state index contributed by atoms with van der Waals surface area (Å²) in [5.74, 6) is 0.0879. The van der Waals surface area contributed by atoms with Gasteiger partial charge in [-0.15, -0.1) is 11.3 Å². The van der Waals surface area contributed by atoms with Gasteiger partial charge in [0, 0.05) is 30.2 Å². The maximum atomic E-state index is 11.8. The molecule has 0 aromatic carbocycles. The number of hydrogen-bond donors (Lipinski definition) is 2. The van der Waals surface area contributed by atoms with Gasteiger partial charge in [0.1, 0.15) is 0 Å². The number of ether oxygens (including phenoxy) is 1. The summed E-state index contributed by atoms with van der Waals surface area (Å²) in [6.45, 7) is 4.02. The van der Waals surface area contributed by atoms with Crippen LogP contribution in [0.1, 0.15) is 24.6 Å². The quantitative estimate of drug-likeness (QED) is 0.832. The molecule has 0 spiro atoms. The number of amides is 1. The Bertz CT molecular complexity index is 375. The summed E-state index contributed by atoms with van der Waals surface area (Å²) in [5.41, 5.74) is 0. The highest BCUT2D eigenvalue weighted by Gasteiger charge is 2.16. The van der Waals surface area contributed by atoms with E-state index >= 15 is 0 Å². The number of carbonyl (C=O) groups is 1. The fourth-order valence-electron chi connectivity index (χ4n) is 2.19. The van der Waals surface area contributed by atoms with Crippen LogP contribution in [0.25, 0.3) is 0 Å². The Balaban J connectivity index is 1.62. The van der Waals surface area contributed by atoms with E-state index in [2.05, 4.69) is 35.1 Å². The molecule has 106 valence electrons. The van der Waals surface area contributed by atoms with Crippen molar-refractivity contribution in [1.29, 1.82) is 0 Å². The molecule has 1 unspecified atom stereocenters. The summed E-state index contributed by atoms with van der Waals surface area (Å²) < 4.78 is 5.27. The number of thiophene rings is 1. The van der Waals surface area contributed by atoms with Crippen molar-refractivity contribution < 1.29 is 9.53 Å². The zero-order valence-electron chi connectivity index (χ0n) is 11.4. The van der Waals surface area contributed by atoms with Gasteiger partial charge < -0.3 is 15.4 Å². The molecular weight excluding hydrogens is 260 g/mol. The van der Waals surface area contributed by atoms with Crippen LogP contribution in [0.4, 0.5) is 0 Å². The highest BCUT2D eigenvalue weighted by Crippen LogP contribution is 2.10. The van der Waals surface area contributed by atoms with Gasteiger partial charge in [-0.05, 0) is 37.6 Å². The monoisotopic (exact) mass is 282 g/mol. The van der Waals surface area contributed by atoms with Crippen molar-refractivity contribution >= 4 is 17.2 Å². The predicted molar refractivity (Wildman–Crippen MR) is 77.5 cm³/mol. The lowest BCUT2D eigenvalue weighted by atomic mass is 10.1. The Morgan fingerprint density at radius 3 is 3.00 bits per heavy atom. The van der Waals surface area contributed by atoms with Crippen molar-refractivity contribution in [3.63, 3.8) is 0 Å². The number of carbonyl (C=O) groups excluding carboxylic acids is 1. The molecule has 19 heavy (non-hydrogen) atoms. The number of hydrogen-bond acceptors (Lipinski definition) is 4. The van der Waals surface area contributed by atoms with Crippen LogP contribution in [0.2, 0.25) is 0 Å². The van der Waals surface area contributed by atoms with E-state index in [1.165, 1.54) is 4.88 Å². The molecule has 5 heteroatoms. The van der Waals surface area contributed by atoms with E-state index in [1.54, 1.807) is 11.3 Å². The first-order chi connectivity index (χ1) is 9.24. The van der Waals surface area contributed by atoms with Crippen LogP contribution < -0.4 is 10.6 Å². The van der Waals surface area contributed by atoms with E-state index in [4.69, 9.17) is 4.74 Å². The Morgan fingerprint density at radius 2 is 2.32 bits per heavy atom. The molecule has 1 aliphatic heterocycles. The molecule has 1 aromatic rings. The van der Waals surface area contributed by atoms with Crippen molar-refractivity contribution in [3.8, 4) is 0 Å². The second-order valence-electron chi connectivity index (χ2n) is 5.02. The number of nitrogens with one attached hydrogen (secondary N) is 2. The maximum Gasteiger partial charge on any atom is 0.234 e. The van der Waals surface area contributed by atoms with Crippen molar-refractivity contribution in [2.75, 3.05) is 19.8 Å². The molecule has 1 aromatic heterocycles.